The highest BCUT2D eigenvalue weighted by Gasteiger charge is 2.20. The van der Waals surface area contributed by atoms with Crippen LogP contribution in [0, 0.1) is 5.82 Å². The van der Waals surface area contributed by atoms with Gasteiger partial charge >= 0.3 is 0 Å². The van der Waals surface area contributed by atoms with Crippen LogP contribution in [0.25, 0.3) is 0 Å². The number of carbonyl (C=O) groups is 1. The van der Waals surface area contributed by atoms with Crippen molar-refractivity contribution in [3.63, 3.8) is 0 Å². The van der Waals surface area contributed by atoms with Gasteiger partial charge < -0.3 is 10.1 Å². The minimum Gasteiger partial charge on any atom is -0.481 e. The van der Waals surface area contributed by atoms with E-state index in [0.29, 0.717) is 6.54 Å². The van der Waals surface area contributed by atoms with Gasteiger partial charge in [-0.3, -0.25) is 9.69 Å². The van der Waals surface area contributed by atoms with Crippen molar-refractivity contribution in [3.8, 4) is 5.75 Å². The van der Waals surface area contributed by atoms with E-state index < -0.39 is 5.82 Å². The molecule has 132 valence electrons. The first-order chi connectivity index (χ1) is 12.1. The zero-order valence-corrected chi connectivity index (χ0v) is 14.4. The lowest BCUT2D eigenvalue weighted by Crippen LogP contribution is -2.45. The number of amides is 1. The van der Waals surface area contributed by atoms with Gasteiger partial charge in [-0.1, -0.05) is 36.4 Å². The van der Waals surface area contributed by atoms with E-state index in [0.717, 1.165) is 19.5 Å². The van der Waals surface area contributed by atoms with E-state index in [1.54, 1.807) is 12.1 Å². The van der Waals surface area contributed by atoms with E-state index in [1.807, 2.05) is 0 Å². The number of hydrogen-bond acceptors (Lipinski definition) is 3. The summed E-state index contributed by atoms with van der Waals surface area (Å²) in [6.07, 6.45) is 1.03. The Labute approximate surface area is 147 Å². The van der Waals surface area contributed by atoms with Crippen molar-refractivity contribution in [1.82, 2.24) is 10.2 Å². The van der Waals surface area contributed by atoms with Crippen LogP contribution in [0.15, 0.2) is 48.5 Å². The Kier molecular flexibility index (Phi) is 5.66. The number of fused-ring (bicyclic) bond motifs is 1. The molecule has 2 aromatic rings. The van der Waals surface area contributed by atoms with Gasteiger partial charge in [-0.15, -0.1) is 0 Å². The minimum atomic E-state index is -0.462. The van der Waals surface area contributed by atoms with Gasteiger partial charge in [0.25, 0.3) is 5.91 Å². The van der Waals surface area contributed by atoms with Crippen LogP contribution >= 0.6 is 0 Å². The lowest BCUT2D eigenvalue weighted by atomic mass is 9.99. The molecule has 4 nitrogen and oxygen atoms in total. The second kappa shape index (κ2) is 8.12. The molecule has 0 aliphatic carbocycles. The summed E-state index contributed by atoms with van der Waals surface area (Å²) in [5, 5.41) is 2.87. The predicted octanol–water partition coefficient (Wildman–Crippen LogP) is 2.77. The molecule has 0 saturated heterocycles. The molecule has 0 saturated carbocycles. The molecular weight excluding hydrogens is 319 g/mol. The Morgan fingerprint density at radius 2 is 1.92 bits per heavy atom. The highest BCUT2D eigenvalue weighted by atomic mass is 19.1. The Hall–Kier alpha value is -2.40. The first-order valence-corrected chi connectivity index (χ1v) is 8.58. The molecule has 0 bridgehead atoms. The molecule has 5 heteroatoms. The number of hydrogen-bond donors (Lipinski definition) is 1. The number of para-hydroxylation sites is 1. The molecule has 1 aliphatic heterocycles. The zero-order valence-electron chi connectivity index (χ0n) is 14.4. The third-order valence-electron chi connectivity index (χ3n) is 4.57. The molecule has 25 heavy (non-hydrogen) atoms. The van der Waals surface area contributed by atoms with Crippen LogP contribution in [0.2, 0.25) is 0 Å². The molecule has 1 aliphatic rings. The van der Waals surface area contributed by atoms with Crippen LogP contribution < -0.4 is 10.1 Å². The number of ether oxygens (including phenoxy) is 1. The first-order valence-electron chi connectivity index (χ1n) is 8.58. The molecule has 1 heterocycles. The Morgan fingerprint density at radius 1 is 1.20 bits per heavy atom. The summed E-state index contributed by atoms with van der Waals surface area (Å²) < 4.78 is 18.7. The first kappa shape index (κ1) is 17.4. The van der Waals surface area contributed by atoms with Gasteiger partial charge in [0.05, 0.1) is 0 Å². The summed E-state index contributed by atoms with van der Waals surface area (Å²) in [5.41, 5.74) is 2.77. The molecule has 0 spiro atoms. The van der Waals surface area contributed by atoms with Crippen molar-refractivity contribution in [2.75, 3.05) is 19.7 Å². The van der Waals surface area contributed by atoms with E-state index in [4.69, 9.17) is 4.74 Å². The average molecular weight is 342 g/mol. The Balaban J connectivity index is 1.44. The van der Waals surface area contributed by atoms with Crippen LogP contribution in [-0.2, 0) is 17.8 Å². The normalized spacial score (nSPS) is 15.3. The van der Waals surface area contributed by atoms with Crippen molar-refractivity contribution >= 4 is 5.91 Å². The molecular formula is C20H23FN2O2. The molecule has 1 N–H and O–H groups in total. The molecule has 0 aromatic heterocycles. The van der Waals surface area contributed by atoms with E-state index in [1.165, 1.54) is 23.3 Å². The summed E-state index contributed by atoms with van der Waals surface area (Å²) in [7, 11) is 0. The van der Waals surface area contributed by atoms with Gasteiger partial charge in [-0.2, -0.15) is 0 Å². The van der Waals surface area contributed by atoms with Crippen molar-refractivity contribution in [2.45, 2.75) is 25.9 Å². The van der Waals surface area contributed by atoms with Gasteiger partial charge in [0.1, 0.15) is 0 Å². The molecule has 1 atom stereocenters. The minimum absolute atomic E-state index is 0.0957. The highest BCUT2D eigenvalue weighted by Crippen LogP contribution is 2.20. The quantitative estimate of drug-likeness (QED) is 0.878. The Bertz CT molecular complexity index is 735. The van der Waals surface area contributed by atoms with Gasteiger partial charge in [0.15, 0.2) is 18.2 Å². The van der Waals surface area contributed by atoms with Gasteiger partial charge in [-0.05, 0) is 36.6 Å². The van der Waals surface area contributed by atoms with Crippen molar-refractivity contribution in [2.24, 2.45) is 0 Å². The summed E-state index contributed by atoms with van der Waals surface area (Å²) in [6.45, 7) is 4.35. The largest absolute Gasteiger partial charge is 0.481 e. The standard InChI is InChI=1S/C20H23FN2O2/c1-15(23-11-10-16-6-2-3-7-17(16)13-23)12-22-20(24)14-25-19-9-5-4-8-18(19)21/h2-9,15H,10-14H2,1H3,(H,22,24). The third kappa shape index (κ3) is 4.57. The van der Waals surface area contributed by atoms with E-state index in [-0.39, 0.29) is 24.3 Å². The van der Waals surface area contributed by atoms with Crippen LogP contribution in [0.1, 0.15) is 18.1 Å². The topological polar surface area (TPSA) is 41.6 Å². The SMILES string of the molecule is CC(CNC(=O)COc1ccccc1F)N1CCc2ccccc2C1. The third-order valence-corrected chi connectivity index (χ3v) is 4.57. The highest BCUT2D eigenvalue weighted by molar-refractivity contribution is 5.77. The summed E-state index contributed by atoms with van der Waals surface area (Å²) in [5.74, 6) is -0.610. The number of nitrogens with one attached hydrogen (secondary N) is 1. The number of nitrogens with zero attached hydrogens (tertiary/aromatic N) is 1. The van der Waals surface area contributed by atoms with Crippen LogP contribution in [-0.4, -0.2) is 36.5 Å². The van der Waals surface area contributed by atoms with Gasteiger partial charge in [0, 0.05) is 25.7 Å². The molecule has 3 rings (SSSR count). The summed E-state index contributed by atoms with van der Waals surface area (Å²) in [6, 6.07) is 14.8. The maximum atomic E-state index is 13.5. The molecule has 0 fully saturated rings. The molecule has 1 amide bonds. The lowest BCUT2D eigenvalue weighted by Gasteiger charge is -2.33. The van der Waals surface area contributed by atoms with Crippen LogP contribution in [0.3, 0.4) is 0 Å². The smallest absolute Gasteiger partial charge is 0.257 e. The fraction of sp³-hybridized carbons (Fsp3) is 0.350. The summed E-state index contributed by atoms with van der Waals surface area (Å²) in [4.78, 5) is 14.3. The molecule has 1 unspecified atom stereocenters. The zero-order chi connectivity index (χ0) is 17.6. The van der Waals surface area contributed by atoms with Crippen LogP contribution in [0.4, 0.5) is 4.39 Å². The van der Waals surface area contributed by atoms with Crippen LogP contribution in [0.5, 0.6) is 5.75 Å². The number of benzene rings is 2. The van der Waals surface area contributed by atoms with Crippen molar-refractivity contribution in [1.29, 1.82) is 0 Å². The second-order valence-corrected chi connectivity index (χ2v) is 6.36. The fourth-order valence-corrected chi connectivity index (χ4v) is 3.04. The van der Waals surface area contributed by atoms with Crippen molar-refractivity contribution < 1.29 is 13.9 Å². The van der Waals surface area contributed by atoms with E-state index in [9.17, 15) is 9.18 Å². The van der Waals surface area contributed by atoms with E-state index in [2.05, 4.69) is 41.4 Å². The number of carbonyl (C=O) groups excluding carboxylic acids is 1. The van der Waals surface area contributed by atoms with Gasteiger partial charge in [-0.25, -0.2) is 4.39 Å². The number of rotatable bonds is 6. The maximum Gasteiger partial charge on any atom is 0.257 e. The van der Waals surface area contributed by atoms with Gasteiger partial charge in [0.2, 0.25) is 0 Å². The molecule has 2 aromatic carbocycles. The molecule has 0 radical (unpaired) electrons. The Morgan fingerprint density at radius 3 is 2.72 bits per heavy atom. The fourth-order valence-electron chi connectivity index (χ4n) is 3.04. The maximum absolute atomic E-state index is 13.5. The lowest BCUT2D eigenvalue weighted by molar-refractivity contribution is -0.123. The van der Waals surface area contributed by atoms with Crippen molar-refractivity contribution in [3.05, 3.63) is 65.5 Å². The van der Waals surface area contributed by atoms with E-state index >= 15 is 0 Å². The summed E-state index contributed by atoms with van der Waals surface area (Å²) >= 11 is 0. The number of halogens is 1. The second-order valence-electron chi connectivity index (χ2n) is 6.36. The average Bonchev–Trinajstić information content (AvgIpc) is 2.65. The monoisotopic (exact) mass is 342 g/mol. The predicted molar refractivity (Wildman–Crippen MR) is 94.9 cm³/mol.